The molecule has 0 bridgehead atoms. The van der Waals surface area contributed by atoms with Crippen molar-refractivity contribution in [2.45, 2.75) is 26.4 Å². The van der Waals surface area contributed by atoms with Gasteiger partial charge in [0.15, 0.2) is 0 Å². The zero-order chi connectivity index (χ0) is 19.7. The molecule has 9 heteroatoms. The predicted octanol–water partition coefficient (Wildman–Crippen LogP) is 2.46. The summed E-state index contributed by atoms with van der Waals surface area (Å²) in [5.41, 5.74) is 3.92. The quantitative estimate of drug-likeness (QED) is 0.424. The van der Waals surface area contributed by atoms with Crippen molar-refractivity contribution in [1.82, 2.24) is 30.5 Å². The van der Waals surface area contributed by atoms with E-state index < -0.39 is 0 Å². The van der Waals surface area contributed by atoms with E-state index in [0.717, 1.165) is 21.9 Å². The van der Waals surface area contributed by atoms with Gasteiger partial charge in [0.25, 0.3) is 5.91 Å². The highest BCUT2D eigenvalue weighted by Gasteiger charge is 2.19. The van der Waals surface area contributed by atoms with Gasteiger partial charge in [-0.1, -0.05) is 0 Å². The van der Waals surface area contributed by atoms with Gasteiger partial charge in [-0.2, -0.15) is 10.4 Å². The first kappa shape index (κ1) is 17.5. The van der Waals surface area contributed by atoms with Gasteiger partial charge >= 0.3 is 0 Å². The molecule has 4 aromatic rings. The lowest BCUT2D eigenvalue weighted by molar-refractivity contribution is 0.0950. The molecule has 4 rings (SSSR count). The minimum Gasteiger partial charge on any atom is -0.380 e. The van der Waals surface area contributed by atoms with Crippen LogP contribution in [0, 0.1) is 11.3 Å². The number of benzene rings is 1. The third kappa shape index (κ3) is 3.12. The summed E-state index contributed by atoms with van der Waals surface area (Å²) in [6.45, 7) is 4.23. The fourth-order valence-corrected chi connectivity index (χ4v) is 3.08. The Hall–Kier alpha value is -3.93. The van der Waals surface area contributed by atoms with E-state index in [1.54, 1.807) is 18.3 Å². The molecule has 3 aromatic heterocycles. The van der Waals surface area contributed by atoms with Crippen LogP contribution in [0.3, 0.4) is 0 Å². The summed E-state index contributed by atoms with van der Waals surface area (Å²) < 4.78 is 0. The Kier molecular flexibility index (Phi) is 4.37. The van der Waals surface area contributed by atoms with Crippen LogP contribution in [0.15, 0.2) is 30.7 Å². The van der Waals surface area contributed by atoms with Crippen molar-refractivity contribution in [2.75, 3.05) is 5.32 Å². The number of nitrogens with one attached hydrogen (secondary N) is 4. The highest BCUT2D eigenvalue weighted by molar-refractivity contribution is 6.13. The normalized spacial score (nSPS) is 11.1. The van der Waals surface area contributed by atoms with Gasteiger partial charge in [0.05, 0.1) is 40.5 Å². The second-order valence-electron chi connectivity index (χ2n) is 6.68. The number of aromatic amines is 2. The number of fused-ring (bicyclic) bond motifs is 3. The molecule has 0 aliphatic heterocycles. The monoisotopic (exact) mass is 374 g/mol. The minimum atomic E-state index is -0.273. The number of aromatic nitrogens is 5. The molecule has 0 fully saturated rings. The van der Waals surface area contributed by atoms with Crippen LogP contribution in [0.25, 0.3) is 21.9 Å². The number of hydrogen-bond acceptors (Lipinski definition) is 6. The van der Waals surface area contributed by atoms with Gasteiger partial charge in [-0.3, -0.25) is 14.9 Å². The number of H-pyrrole nitrogens is 2. The maximum absolute atomic E-state index is 12.8. The van der Waals surface area contributed by atoms with Crippen molar-refractivity contribution in [3.05, 3.63) is 47.7 Å². The number of hydrogen-bond donors (Lipinski definition) is 4. The zero-order valence-corrected chi connectivity index (χ0v) is 15.4. The molecule has 4 N–H and O–H groups in total. The topological polar surface area (TPSA) is 135 Å². The maximum Gasteiger partial charge on any atom is 0.255 e. The number of pyridine rings is 1. The molecular formula is C19H18N8O. The van der Waals surface area contributed by atoms with Gasteiger partial charge in [0.1, 0.15) is 12.2 Å². The lowest BCUT2D eigenvalue weighted by atomic mass is 10.1. The molecule has 3 heterocycles. The molecular weight excluding hydrogens is 356 g/mol. The Balaban J connectivity index is 1.80. The Morgan fingerprint density at radius 1 is 1.32 bits per heavy atom. The van der Waals surface area contributed by atoms with Crippen molar-refractivity contribution < 1.29 is 4.79 Å². The van der Waals surface area contributed by atoms with E-state index in [2.05, 4.69) is 41.9 Å². The fraction of sp³-hybridized carbons (Fsp3) is 0.211. The van der Waals surface area contributed by atoms with Crippen molar-refractivity contribution in [1.29, 1.82) is 5.26 Å². The van der Waals surface area contributed by atoms with Crippen LogP contribution in [0.5, 0.6) is 0 Å². The van der Waals surface area contributed by atoms with Crippen LogP contribution in [0.2, 0.25) is 0 Å². The van der Waals surface area contributed by atoms with Crippen LogP contribution >= 0.6 is 0 Å². The van der Waals surface area contributed by atoms with Gasteiger partial charge in [-0.25, -0.2) is 4.98 Å². The number of carbonyl (C=O) groups is 1. The molecule has 0 aliphatic carbocycles. The fourth-order valence-electron chi connectivity index (χ4n) is 3.08. The van der Waals surface area contributed by atoms with Crippen LogP contribution < -0.4 is 10.6 Å². The highest BCUT2D eigenvalue weighted by atomic mass is 16.1. The van der Waals surface area contributed by atoms with E-state index in [1.807, 2.05) is 19.9 Å². The van der Waals surface area contributed by atoms with E-state index in [1.165, 1.54) is 6.33 Å². The van der Waals surface area contributed by atoms with E-state index in [9.17, 15) is 4.79 Å². The van der Waals surface area contributed by atoms with Crippen LogP contribution in [0.1, 0.15) is 35.6 Å². The number of rotatable bonds is 5. The summed E-state index contributed by atoms with van der Waals surface area (Å²) in [5.74, 6) is 0.292. The molecule has 0 saturated heterocycles. The van der Waals surface area contributed by atoms with E-state index in [4.69, 9.17) is 5.26 Å². The average molecular weight is 374 g/mol. The summed E-state index contributed by atoms with van der Waals surface area (Å²) >= 11 is 0. The van der Waals surface area contributed by atoms with E-state index >= 15 is 0 Å². The Morgan fingerprint density at radius 3 is 2.89 bits per heavy atom. The number of nitriles is 1. The number of nitrogens with zero attached hydrogens (tertiary/aromatic N) is 4. The van der Waals surface area contributed by atoms with Crippen molar-refractivity contribution in [2.24, 2.45) is 0 Å². The lowest BCUT2D eigenvalue weighted by Gasteiger charge is -2.15. The second kappa shape index (κ2) is 7.00. The zero-order valence-electron chi connectivity index (χ0n) is 15.4. The molecule has 0 radical (unpaired) electrons. The summed E-state index contributed by atoms with van der Waals surface area (Å²) in [7, 11) is 0. The third-order valence-electron chi connectivity index (χ3n) is 4.30. The summed E-state index contributed by atoms with van der Waals surface area (Å²) in [6, 6.07) is 7.64. The first-order chi connectivity index (χ1) is 13.6. The number of amides is 1. The summed E-state index contributed by atoms with van der Waals surface area (Å²) in [4.78, 5) is 24.6. The molecule has 9 nitrogen and oxygen atoms in total. The van der Waals surface area contributed by atoms with Gasteiger partial charge in [-0.05, 0) is 32.0 Å². The van der Waals surface area contributed by atoms with Crippen molar-refractivity contribution >= 4 is 33.5 Å². The molecule has 0 saturated carbocycles. The number of anilines is 1. The first-order valence-electron chi connectivity index (χ1n) is 8.80. The Labute approximate surface area is 160 Å². The van der Waals surface area contributed by atoms with Gasteiger partial charge in [-0.15, -0.1) is 0 Å². The van der Waals surface area contributed by atoms with Gasteiger partial charge < -0.3 is 15.6 Å². The predicted molar refractivity (Wildman–Crippen MR) is 105 cm³/mol. The Morgan fingerprint density at radius 2 is 2.18 bits per heavy atom. The largest absolute Gasteiger partial charge is 0.380 e. The molecule has 0 spiro atoms. The number of carbonyl (C=O) groups excluding carboxylic acids is 1. The highest BCUT2D eigenvalue weighted by Crippen LogP contribution is 2.32. The third-order valence-corrected chi connectivity index (χ3v) is 4.30. The molecule has 0 atom stereocenters. The second-order valence-corrected chi connectivity index (χ2v) is 6.68. The van der Waals surface area contributed by atoms with Crippen LogP contribution in [-0.2, 0) is 6.54 Å². The minimum absolute atomic E-state index is 0.104. The SMILES string of the molecule is CC(C)Nc1c(C(=O)NCc2ncn[nH]2)cnc2c1[nH]c1cc(C#N)ccc12. The lowest BCUT2D eigenvalue weighted by Crippen LogP contribution is -2.25. The van der Waals surface area contributed by atoms with Crippen molar-refractivity contribution in [3.8, 4) is 6.07 Å². The maximum atomic E-state index is 12.8. The molecule has 0 aliphatic rings. The van der Waals surface area contributed by atoms with E-state index in [-0.39, 0.29) is 18.5 Å². The molecule has 0 unspecified atom stereocenters. The average Bonchev–Trinajstić information content (AvgIpc) is 3.33. The van der Waals surface area contributed by atoms with Crippen LogP contribution in [0.4, 0.5) is 5.69 Å². The molecule has 1 aromatic carbocycles. The van der Waals surface area contributed by atoms with Crippen LogP contribution in [-0.4, -0.2) is 37.1 Å². The summed E-state index contributed by atoms with van der Waals surface area (Å²) in [5, 5.41) is 22.7. The van der Waals surface area contributed by atoms with Gasteiger partial charge in [0.2, 0.25) is 0 Å². The summed E-state index contributed by atoms with van der Waals surface area (Å²) in [6.07, 6.45) is 2.95. The van der Waals surface area contributed by atoms with E-state index in [0.29, 0.717) is 22.6 Å². The standard InChI is InChI=1S/C19H18N8O/c1-10(2)25-17-13(19(28)22-8-15-23-9-24-27-15)7-21-16-12-4-3-11(6-20)5-14(12)26-18(16)17/h3-5,7,9-10,26H,8H2,1-2H3,(H,21,25)(H,22,28)(H,23,24,27). The Bertz CT molecular complexity index is 1200. The molecule has 140 valence electrons. The van der Waals surface area contributed by atoms with Gasteiger partial charge in [0, 0.05) is 23.1 Å². The molecule has 1 amide bonds. The molecule has 28 heavy (non-hydrogen) atoms. The first-order valence-corrected chi connectivity index (χ1v) is 8.80. The van der Waals surface area contributed by atoms with Crippen molar-refractivity contribution in [3.63, 3.8) is 0 Å². The smallest absolute Gasteiger partial charge is 0.255 e.